The summed E-state index contributed by atoms with van der Waals surface area (Å²) in [5.74, 6) is -0.0932. The molecular weight excluding hydrogens is 606 g/mol. The number of hydrogen-bond donors (Lipinski definition) is 0. The second-order valence-corrected chi connectivity index (χ2v) is 11.5. The summed E-state index contributed by atoms with van der Waals surface area (Å²) in [7, 11) is 0. The van der Waals surface area contributed by atoms with Gasteiger partial charge in [-0.05, 0) is 95.4 Å². The maximum absolute atomic E-state index is 11.7. The predicted molar refractivity (Wildman–Crippen MR) is 197 cm³/mol. The van der Waals surface area contributed by atoms with Crippen molar-refractivity contribution in [3.8, 4) is 22.6 Å². The lowest BCUT2D eigenvalue weighted by Gasteiger charge is -2.26. The number of ether oxygens (including phenoxy) is 2. The first-order chi connectivity index (χ1) is 23.9. The van der Waals surface area contributed by atoms with E-state index >= 15 is 0 Å². The van der Waals surface area contributed by atoms with Crippen LogP contribution in [0.15, 0.2) is 177 Å². The average molecular weight is 642 g/mol. The third kappa shape index (κ3) is 7.75. The Kier molecular flexibility index (Phi) is 9.92. The van der Waals surface area contributed by atoms with Crippen LogP contribution < -0.4 is 14.4 Å². The predicted octanol–water partition coefficient (Wildman–Crippen LogP) is 10.5. The van der Waals surface area contributed by atoms with E-state index in [0.717, 1.165) is 40.3 Å². The molecule has 0 fully saturated rings. The van der Waals surface area contributed by atoms with Crippen molar-refractivity contribution in [2.75, 3.05) is 4.90 Å². The Hall–Kier alpha value is -6.46. The zero-order chi connectivity index (χ0) is 34.2. The molecule has 6 aromatic carbocycles. The van der Waals surface area contributed by atoms with Crippen molar-refractivity contribution in [3.05, 3.63) is 199 Å². The molecule has 49 heavy (non-hydrogen) atoms. The molecule has 0 amide bonds. The smallest absolute Gasteiger partial charge is 0.335 e. The number of hydrogen-bond acceptors (Lipinski definition) is 5. The molecule has 0 saturated heterocycles. The van der Waals surface area contributed by atoms with Crippen LogP contribution in [-0.4, -0.2) is 11.9 Å². The summed E-state index contributed by atoms with van der Waals surface area (Å²) in [5, 5.41) is 0. The monoisotopic (exact) mass is 641 g/mol. The van der Waals surface area contributed by atoms with Gasteiger partial charge in [-0.1, -0.05) is 110 Å². The minimum Gasteiger partial charge on any atom is -0.423 e. The first-order valence-corrected chi connectivity index (χ1v) is 15.9. The van der Waals surface area contributed by atoms with Crippen molar-refractivity contribution in [2.24, 2.45) is 0 Å². The summed E-state index contributed by atoms with van der Waals surface area (Å²) in [5.41, 5.74) is 9.77. The molecule has 1 unspecified atom stereocenters. The van der Waals surface area contributed by atoms with Crippen LogP contribution in [0.5, 0.6) is 11.5 Å². The Morgan fingerprint density at radius 2 is 0.878 bits per heavy atom. The first kappa shape index (κ1) is 32.5. The fraction of sp³-hybridized carbons (Fsp3) is 0.0455. The fourth-order valence-electron chi connectivity index (χ4n) is 5.74. The van der Waals surface area contributed by atoms with E-state index in [1.807, 2.05) is 24.3 Å². The lowest BCUT2D eigenvalue weighted by atomic mass is 9.84. The van der Waals surface area contributed by atoms with Crippen LogP contribution in [0.1, 0.15) is 28.2 Å². The molecule has 6 aromatic rings. The Morgan fingerprint density at radius 3 is 1.31 bits per heavy atom. The quantitative estimate of drug-likeness (QED) is 0.0610. The largest absolute Gasteiger partial charge is 0.423 e. The Balaban J connectivity index is 1.30. The highest BCUT2D eigenvalue weighted by molar-refractivity contribution is 5.85. The summed E-state index contributed by atoms with van der Waals surface area (Å²) in [6.45, 7) is 9.03. The van der Waals surface area contributed by atoms with Gasteiger partial charge in [-0.3, -0.25) is 0 Å². The standard InChI is InChI=1S/C44H35NO4/c1-4-42(46)48-40-27-23-38(24-28-40)45(39-25-29-41(30-26-39)49-43(47)5-2)37-21-19-33(20-22-37)32-15-17-36(18-16-32)44(34-9-7-6-8-10-34)35-13-11-31(3)12-14-35/h4-30,44H,1-2H2,3H3. The van der Waals surface area contributed by atoms with E-state index in [2.05, 4.69) is 128 Å². The number of nitrogens with zero attached hydrogens (tertiary/aromatic N) is 1. The number of carbonyl (C=O) groups is 2. The third-order valence-electron chi connectivity index (χ3n) is 8.21. The topological polar surface area (TPSA) is 55.8 Å². The highest BCUT2D eigenvalue weighted by atomic mass is 16.5. The van der Waals surface area contributed by atoms with Crippen LogP contribution in [0.3, 0.4) is 0 Å². The number of carbonyl (C=O) groups excluding carboxylic acids is 2. The van der Waals surface area contributed by atoms with Crippen LogP contribution in [0.4, 0.5) is 17.1 Å². The molecule has 0 bridgehead atoms. The van der Waals surface area contributed by atoms with Gasteiger partial charge in [-0.25, -0.2) is 9.59 Å². The van der Waals surface area contributed by atoms with Gasteiger partial charge in [-0.2, -0.15) is 0 Å². The molecule has 0 saturated carbocycles. The van der Waals surface area contributed by atoms with Gasteiger partial charge in [0.1, 0.15) is 11.5 Å². The van der Waals surface area contributed by atoms with E-state index < -0.39 is 11.9 Å². The summed E-state index contributed by atoms with van der Waals surface area (Å²) in [6.07, 6.45) is 2.25. The molecule has 0 aliphatic rings. The molecule has 5 heteroatoms. The van der Waals surface area contributed by atoms with Gasteiger partial charge >= 0.3 is 11.9 Å². The number of anilines is 3. The van der Waals surface area contributed by atoms with Crippen molar-refractivity contribution in [1.82, 2.24) is 0 Å². The third-order valence-corrected chi connectivity index (χ3v) is 8.21. The number of rotatable bonds is 11. The van der Waals surface area contributed by atoms with E-state index in [1.165, 1.54) is 22.3 Å². The number of aryl methyl sites for hydroxylation is 1. The van der Waals surface area contributed by atoms with Crippen LogP contribution >= 0.6 is 0 Å². The van der Waals surface area contributed by atoms with Crippen molar-refractivity contribution in [2.45, 2.75) is 12.8 Å². The molecule has 0 aromatic heterocycles. The second kappa shape index (κ2) is 15.0. The summed E-state index contributed by atoms with van der Waals surface area (Å²) in [4.78, 5) is 25.5. The molecule has 240 valence electrons. The van der Waals surface area contributed by atoms with Crippen molar-refractivity contribution >= 4 is 29.0 Å². The van der Waals surface area contributed by atoms with E-state index in [9.17, 15) is 9.59 Å². The van der Waals surface area contributed by atoms with Gasteiger partial charge in [0.25, 0.3) is 0 Å². The molecule has 0 radical (unpaired) electrons. The minimum absolute atomic E-state index is 0.130. The molecule has 0 heterocycles. The van der Waals surface area contributed by atoms with Crippen molar-refractivity contribution in [3.63, 3.8) is 0 Å². The normalized spacial score (nSPS) is 11.2. The van der Waals surface area contributed by atoms with Gasteiger partial charge < -0.3 is 14.4 Å². The molecule has 0 N–H and O–H groups in total. The van der Waals surface area contributed by atoms with Gasteiger partial charge in [0.15, 0.2) is 0 Å². The Bertz CT molecular complexity index is 1980. The molecule has 0 aliphatic heterocycles. The highest BCUT2D eigenvalue weighted by Gasteiger charge is 2.18. The molecule has 0 spiro atoms. The summed E-state index contributed by atoms with van der Waals surface area (Å²) < 4.78 is 10.6. The second-order valence-electron chi connectivity index (χ2n) is 11.5. The Morgan fingerprint density at radius 1 is 0.510 bits per heavy atom. The van der Waals surface area contributed by atoms with E-state index in [1.54, 1.807) is 24.3 Å². The van der Waals surface area contributed by atoms with Gasteiger partial charge in [0, 0.05) is 35.1 Å². The van der Waals surface area contributed by atoms with Gasteiger partial charge in [0.2, 0.25) is 0 Å². The van der Waals surface area contributed by atoms with Crippen LogP contribution in [0, 0.1) is 6.92 Å². The Labute approximate surface area is 287 Å². The van der Waals surface area contributed by atoms with Crippen LogP contribution in [0.2, 0.25) is 0 Å². The molecule has 6 rings (SSSR count). The maximum Gasteiger partial charge on any atom is 0.335 e. The van der Waals surface area contributed by atoms with E-state index in [0.29, 0.717) is 11.5 Å². The average Bonchev–Trinajstić information content (AvgIpc) is 3.15. The minimum atomic E-state index is -0.524. The number of esters is 2. The van der Waals surface area contributed by atoms with Gasteiger partial charge in [0.05, 0.1) is 0 Å². The van der Waals surface area contributed by atoms with E-state index in [-0.39, 0.29) is 5.92 Å². The van der Waals surface area contributed by atoms with Crippen LogP contribution in [0.25, 0.3) is 11.1 Å². The van der Waals surface area contributed by atoms with Gasteiger partial charge in [-0.15, -0.1) is 0 Å². The lowest BCUT2D eigenvalue weighted by Crippen LogP contribution is -2.10. The zero-order valence-electron chi connectivity index (χ0n) is 27.2. The molecular formula is C44H35NO4. The number of benzene rings is 6. The van der Waals surface area contributed by atoms with E-state index in [4.69, 9.17) is 9.47 Å². The lowest BCUT2D eigenvalue weighted by molar-refractivity contribution is -0.129. The highest BCUT2D eigenvalue weighted by Crippen LogP contribution is 2.38. The maximum atomic E-state index is 11.7. The summed E-state index contributed by atoms with van der Waals surface area (Å²) >= 11 is 0. The fourth-order valence-corrected chi connectivity index (χ4v) is 5.74. The molecule has 1 atom stereocenters. The first-order valence-electron chi connectivity index (χ1n) is 15.9. The molecule has 5 nitrogen and oxygen atoms in total. The zero-order valence-corrected chi connectivity index (χ0v) is 27.2. The SMILES string of the molecule is C=CC(=O)Oc1ccc(N(c2ccc(OC(=O)C=C)cc2)c2ccc(-c3ccc(C(c4ccccc4)c4ccc(C)cc4)cc3)cc2)cc1. The van der Waals surface area contributed by atoms with Crippen LogP contribution in [-0.2, 0) is 9.59 Å². The van der Waals surface area contributed by atoms with Crippen molar-refractivity contribution < 1.29 is 19.1 Å². The van der Waals surface area contributed by atoms with Crippen molar-refractivity contribution in [1.29, 1.82) is 0 Å². The molecule has 0 aliphatic carbocycles. The summed E-state index contributed by atoms with van der Waals surface area (Å²) in [6, 6.07) is 51.0.